The molecule has 0 radical (unpaired) electrons. The molecule has 1 aliphatic rings. The molecule has 0 saturated carbocycles. The number of aromatic nitrogens is 1. The molecule has 19 heavy (non-hydrogen) atoms. The molecule has 0 N–H and O–H groups in total. The van der Waals surface area contributed by atoms with E-state index < -0.39 is 15.8 Å². The normalized spacial score (nSPS) is 17.3. The van der Waals surface area contributed by atoms with Crippen molar-refractivity contribution in [1.82, 2.24) is 8.87 Å². The Hall–Kier alpha value is -1.60. The van der Waals surface area contributed by atoms with Crippen molar-refractivity contribution in [2.45, 2.75) is 17.7 Å². The number of hydrogen-bond donors (Lipinski definition) is 0. The maximum Gasteiger partial charge on any atom is 0.419 e. The number of benzene rings is 1. The molecular formula is C12H14N2O4S. The second kappa shape index (κ2) is 4.21. The first-order valence-electron chi connectivity index (χ1n) is 6.10. The quantitative estimate of drug-likeness (QED) is 0.821. The molecule has 2 aromatic rings. The summed E-state index contributed by atoms with van der Waals surface area (Å²) in [6.07, 6.45) is 1.79. The monoisotopic (exact) mass is 282 g/mol. The third-order valence-corrected chi connectivity index (χ3v) is 5.36. The summed E-state index contributed by atoms with van der Waals surface area (Å²) in [4.78, 5) is 11.6. The van der Waals surface area contributed by atoms with E-state index in [9.17, 15) is 13.2 Å². The molecule has 6 nitrogen and oxygen atoms in total. The smallest absolute Gasteiger partial charge is 0.408 e. The van der Waals surface area contributed by atoms with E-state index in [1.807, 2.05) is 0 Å². The fourth-order valence-electron chi connectivity index (χ4n) is 2.34. The van der Waals surface area contributed by atoms with E-state index >= 15 is 0 Å². The molecule has 2 heterocycles. The Bertz CT molecular complexity index is 782. The minimum Gasteiger partial charge on any atom is -0.408 e. The van der Waals surface area contributed by atoms with Gasteiger partial charge in [0, 0.05) is 20.1 Å². The summed E-state index contributed by atoms with van der Waals surface area (Å²) in [5, 5.41) is 0. The average Bonchev–Trinajstić information content (AvgIpc) is 3.00. The topological polar surface area (TPSA) is 72.5 Å². The van der Waals surface area contributed by atoms with Crippen molar-refractivity contribution in [1.29, 1.82) is 0 Å². The molecule has 0 spiro atoms. The highest BCUT2D eigenvalue weighted by atomic mass is 32.2. The molecule has 1 fully saturated rings. The standard InChI is InChI=1S/C12H14N2O4S/c1-13-10-8-9(4-5-11(10)18-12(13)15)19(16,17)14-6-2-3-7-14/h4-5,8H,2-3,6-7H2,1H3. The lowest BCUT2D eigenvalue weighted by molar-refractivity contribution is 0.477. The Morgan fingerprint density at radius 2 is 1.89 bits per heavy atom. The van der Waals surface area contributed by atoms with Gasteiger partial charge < -0.3 is 4.42 Å². The van der Waals surface area contributed by atoms with Gasteiger partial charge in [0.05, 0.1) is 10.4 Å². The van der Waals surface area contributed by atoms with Gasteiger partial charge in [0.25, 0.3) is 0 Å². The van der Waals surface area contributed by atoms with Gasteiger partial charge in [0.1, 0.15) is 0 Å². The maximum atomic E-state index is 12.4. The third kappa shape index (κ3) is 1.89. The van der Waals surface area contributed by atoms with Gasteiger partial charge in [-0.25, -0.2) is 13.2 Å². The molecule has 1 aliphatic heterocycles. The van der Waals surface area contributed by atoms with Crippen molar-refractivity contribution in [2.24, 2.45) is 7.05 Å². The van der Waals surface area contributed by atoms with Crippen LogP contribution in [0.3, 0.4) is 0 Å². The summed E-state index contributed by atoms with van der Waals surface area (Å²) >= 11 is 0. The van der Waals surface area contributed by atoms with E-state index in [0.29, 0.717) is 24.2 Å². The minimum atomic E-state index is -3.46. The van der Waals surface area contributed by atoms with Crippen LogP contribution in [0, 0.1) is 0 Å². The van der Waals surface area contributed by atoms with Crippen LogP contribution in [0.2, 0.25) is 0 Å². The van der Waals surface area contributed by atoms with Crippen LogP contribution in [0.15, 0.2) is 32.3 Å². The SMILES string of the molecule is Cn1c(=O)oc2ccc(S(=O)(=O)N3CCCC3)cc21. The van der Waals surface area contributed by atoms with Crippen LogP contribution in [0.4, 0.5) is 0 Å². The predicted molar refractivity (Wildman–Crippen MR) is 69.4 cm³/mol. The fraction of sp³-hybridized carbons (Fsp3) is 0.417. The van der Waals surface area contributed by atoms with Crippen LogP contribution in [0.1, 0.15) is 12.8 Å². The first kappa shape index (κ1) is 12.4. The van der Waals surface area contributed by atoms with Gasteiger partial charge in [-0.15, -0.1) is 0 Å². The summed E-state index contributed by atoms with van der Waals surface area (Å²) in [5.74, 6) is -0.495. The van der Waals surface area contributed by atoms with E-state index in [1.54, 1.807) is 7.05 Å². The highest BCUT2D eigenvalue weighted by Crippen LogP contribution is 2.23. The molecule has 0 bridgehead atoms. The van der Waals surface area contributed by atoms with E-state index in [0.717, 1.165) is 12.8 Å². The van der Waals surface area contributed by atoms with Crippen molar-refractivity contribution < 1.29 is 12.8 Å². The Morgan fingerprint density at radius 1 is 1.21 bits per heavy atom. The molecular weight excluding hydrogens is 268 g/mol. The zero-order valence-electron chi connectivity index (χ0n) is 10.5. The van der Waals surface area contributed by atoms with Gasteiger partial charge in [0.15, 0.2) is 5.58 Å². The molecule has 102 valence electrons. The zero-order valence-corrected chi connectivity index (χ0v) is 11.3. The lowest BCUT2D eigenvalue weighted by atomic mass is 10.3. The molecule has 7 heteroatoms. The van der Waals surface area contributed by atoms with Crippen molar-refractivity contribution in [3.63, 3.8) is 0 Å². The number of fused-ring (bicyclic) bond motifs is 1. The van der Waals surface area contributed by atoms with Crippen molar-refractivity contribution in [2.75, 3.05) is 13.1 Å². The van der Waals surface area contributed by atoms with Gasteiger partial charge in [-0.1, -0.05) is 0 Å². The summed E-state index contributed by atoms with van der Waals surface area (Å²) in [6, 6.07) is 4.51. The van der Waals surface area contributed by atoms with Crippen molar-refractivity contribution >= 4 is 21.1 Å². The maximum absolute atomic E-state index is 12.4. The van der Waals surface area contributed by atoms with Crippen LogP contribution in [0.5, 0.6) is 0 Å². The van der Waals surface area contributed by atoms with E-state index in [4.69, 9.17) is 4.42 Å². The van der Waals surface area contributed by atoms with Crippen molar-refractivity contribution in [3.8, 4) is 0 Å². The Balaban J connectivity index is 2.15. The Labute approximate surface area is 110 Å². The van der Waals surface area contributed by atoms with E-state index in [1.165, 1.54) is 27.1 Å². The van der Waals surface area contributed by atoms with Crippen LogP contribution in [-0.4, -0.2) is 30.4 Å². The summed E-state index contributed by atoms with van der Waals surface area (Å²) < 4.78 is 32.6. The Kier molecular flexibility index (Phi) is 2.75. The molecule has 1 saturated heterocycles. The molecule has 0 unspecified atom stereocenters. The van der Waals surface area contributed by atoms with Crippen LogP contribution < -0.4 is 5.76 Å². The summed E-state index contributed by atoms with van der Waals surface area (Å²) in [5.41, 5.74) is 0.887. The molecule has 0 aliphatic carbocycles. The summed E-state index contributed by atoms with van der Waals surface area (Å²) in [6.45, 7) is 1.12. The van der Waals surface area contributed by atoms with Gasteiger partial charge in [-0.3, -0.25) is 4.57 Å². The van der Waals surface area contributed by atoms with Crippen LogP contribution in [-0.2, 0) is 17.1 Å². The van der Waals surface area contributed by atoms with Crippen LogP contribution >= 0.6 is 0 Å². The second-order valence-electron chi connectivity index (χ2n) is 4.67. The number of nitrogens with zero attached hydrogens (tertiary/aromatic N) is 2. The van der Waals surface area contributed by atoms with E-state index in [2.05, 4.69) is 0 Å². The second-order valence-corrected chi connectivity index (χ2v) is 6.61. The summed E-state index contributed by atoms with van der Waals surface area (Å²) in [7, 11) is -1.91. The first-order chi connectivity index (χ1) is 9.00. The Morgan fingerprint density at radius 3 is 2.58 bits per heavy atom. The van der Waals surface area contributed by atoms with E-state index in [-0.39, 0.29) is 4.90 Å². The predicted octanol–water partition coefficient (Wildman–Crippen LogP) is 0.916. The fourth-order valence-corrected chi connectivity index (χ4v) is 3.88. The highest BCUT2D eigenvalue weighted by molar-refractivity contribution is 7.89. The van der Waals surface area contributed by atoms with Gasteiger partial charge >= 0.3 is 5.76 Å². The average molecular weight is 282 g/mol. The number of aryl methyl sites for hydroxylation is 1. The highest BCUT2D eigenvalue weighted by Gasteiger charge is 2.27. The minimum absolute atomic E-state index is 0.207. The van der Waals surface area contributed by atoms with Crippen molar-refractivity contribution in [3.05, 3.63) is 28.7 Å². The number of hydrogen-bond acceptors (Lipinski definition) is 4. The molecule has 1 aromatic heterocycles. The molecule has 3 rings (SSSR count). The van der Waals surface area contributed by atoms with Crippen LogP contribution in [0.25, 0.3) is 11.1 Å². The lowest BCUT2D eigenvalue weighted by Gasteiger charge is -2.15. The molecule has 0 amide bonds. The first-order valence-corrected chi connectivity index (χ1v) is 7.54. The van der Waals surface area contributed by atoms with Gasteiger partial charge in [0.2, 0.25) is 10.0 Å². The number of oxazole rings is 1. The largest absolute Gasteiger partial charge is 0.419 e. The van der Waals surface area contributed by atoms with Gasteiger partial charge in [-0.05, 0) is 31.0 Å². The number of sulfonamides is 1. The lowest BCUT2D eigenvalue weighted by Crippen LogP contribution is -2.27. The molecule has 0 atom stereocenters. The third-order valence-electron chi connectivity index (χ3n) is 3.47. The van der Waals surface area contributed by atoms with Gasteiger partial charge in [-0.2, -0.15) is 4.31 Å². The number of rotatable bonds is 2. The zero-order chi connectivity index (χ0) is 13.6. The molecule has 1 aromatic carbocycles.